The van der Waals surface area contributed by atoms with E-state index in [9.17, 15) is 0 Å². The normalized spacial score (nSPS) is 10.4. The van der Waals surface area contributed by atoms with Crippen LogP contribution in [0.5, 0.6) is 5.75 Å². The Morgan fingerprint density at radius 1 is 1.10 bits per heavy atom. The minimum Gasteiger partial charge on any atom is -0.492 e. The third-order valence-electron chi connectivity index (χ3n) is 3.30. The zero-order valence-corrected chi connectivity index (χ0v) is 14.4. The maximum absolute atomic E-state index is 6.27. The highest BCUT2D eigenvalue weighted by molar-refractivity contribution is 6.32. The SMILES string of the molecule is CCCCCOc1ccc(CN(CC)CC)cc1Cl.Cl. The van der Waals surface area contributed by atoms with Crippen LogP contribution in [0.15, 0.2) is 18.2 Å². The van der Waals surface area contributed by atoms with Gasteiger partial charge in [-0.15, -0.1) is 12.4 Å². The summed E-state index contributed by atoms with van der Waals surface area (Å²) in [7, 11) is 0. The topological polar surface area (TPSA) is 12.5 Å². The van der Waals surface area contributed by atoms with E-state index >= 15 is 0 Å². The molecular formula is C16H27Cl2NO. The summed E-state index contributed by atoms with van der Waals surface area (Å²) in [5, 5.41) is 0.723. The van der Waals surface area contributed by atoms with E-state index in [1.54, 1.807) is 0 Å². The fourth-order valence-electron chi connectivity index (χ4n) is 2.00. The molecule has 1 aromatic rings. The lowest BCUT2D eigenvalue weighted by Gasteiger charge is -2.18. The Morgan fingerprint density at radius 2 is 1.80 bits per heavy atom. The van der Waals surface area contributed by atoms with Gasteiger partial charge in [-0.05, 0) is 37.2 Å². The highest BCUT2D eigenvalue weighted by Crippen LogP contribution is 2.26. The van der Waals surface area contributed by atoms with Crippen LogP contribution >= 0.6 is 24.0 Å². The molecule has 0 N–H and O–H groups in total. The minimum absolute atomic E-state index is 0. The van der Waals surface area contributed by atoms with Crippen molar-refractivity contribution in [1.82, 2.24) is 4.90 Å². The monoisotopic (exact) mass is 319 g/mol. The highest BCUT2D eigenvalue weighted by Gasteiger charge is 2.06. The van der Waals surface area contributed by atoms with E-state index in [4.69, 9.17) is 16.3 Å². The molecular weight excluding hydrogens is 293 g/mol. The Morgan fingerprint density at radius 3 is 2.35 bits per heavy atom. The van der Waals surface area contributed by atoms with Gasteiger partial charge in [0, 0.05) is 6.54 Å². The Labute approximate surface area is 134 Å². The number of unbranched alkanes of at least 4 members (excludes halogenated alkanes) is 2. The lowest BCUT2D eigenvalue weighted by atomic mass is 10.2. The van der Waals surface area contributed by atoms with Crippen molar-refractivity contribution >= 4 is 24.0 Å². The van der Waals surface area contributed by atoms with Gasteiger partial charge in [-0.1, -0.05) is 51.3 Å². The molecule has 2 nitrogen and oxygen atoms in total. The van der Waals surface area contributed by atoms with Crippen LogP contribution in [0.2, 0.25) is 5.02 Å². The molecule has 116 valence electrons. The lowest BCUT2D eigenvalue weighted by molar-refractivity contribution is 0.294. The van der Waals surface area contributed by atoms with E-state index in [-0.39, 0.29) is 12.4 Å². The van der Waals surface area contributed by atoms with E-state index < -0.39 is 0 Å². The fraction of sp³-hybridized carbons (Fsp3) is 0.625. The second-order valence-electron chi connectivity index (χ2n) is 4.78. The van der Waals surface area contributed by atoms with Crippen molar-refractivity contribution in [2.75, 3.05) is 19.7 Å². The first-order chi connectivity index (χ1) is 9.21. The molecule has 0 saturated carbocycles. The van der Waals surface area contributed by atoms with Gasteiger partial charge in [0.15, 0.2) is 0 Å². The second-order valence-corrected chi connectivity index (χ2v) is 5.19. The van der Waals surface area contributed by atoms with E-state index in [1.165, 1.54) is 18.4 Å². The molecule has 20 heavy (non-hydrogen) atoms. The van der Waals surface area contributed by atoms with Crippen LogP contribution in [0.3, 0.4) is 0 Å². The van der Waals surface area contributed by atoms with E-state index in [1.807, 2.05) is 12.1 Å². The summed E-state index contributed by atoms with van der Waals surface area (Å²) in [5.41, 5.74) is 1.25. The molecule has 0 unspecified atom stereocenters. The maximum atomic E-state index is 6.27. The van der Waals surface area contributed by atoms with Gasteiger partial charge in [-0.2, -0.15) is 0 Å². The lowest BCUT2D eigenvalue weighted by Crippen LogP contribution is -2.22. The molecule has 0 fully saturated rings. The first-order valence-corrected chi connectivity index (χ1v) is 7.72. The molecule has 0 aromatic heterocycles. The van der Waals surface area contributed by atoms with E-state index in [0.717, 1.165) is 43.4 Å². The molecule has 0 heterocycles. The third kappa shape index (κ3) is 6.83. The molecule has 4 heteroatoms. The minimum atomic E-state index is 0. The van der Waals surface area contributed by atoms with Gasteiger partial charge in [0.1, 0.15) is 5.75 Å². The number of hydrogen-bond donors (Lipinski definition) is 0. The number of halogens is 2. The summed E-state index contributed by atoms with van der Waals surface area (Å²) in [6.45, 7) is 10.4. The average Bonchev–Trinajstić information content (AvgIpc) is 2.42. The molecule has 1 aromatic carbocycles. The summed E-state index contributed by atoms with van der Waals surface area (Å²) in [6.07, 6.45) is 3.51. The molecule has 0 radical (unpaired) electrons. The zero-order chi connectivity index (χ0) is 14.1. The second kappa shape index (κ2) is 11.2. The Kier molecular flexibility index (Phi) is 11.0. The van der Waals surface area contributed by atoms with Gasteiger partial charge in [0.25, 0.3) is 0 Å². The number of nitrogens with zero attached hydrogens (tertiary/aromatic N) is 1. The molecule has 0 spiro atoms. The number of benzene rings is 1. The van der Waals surface area contributed by atoms with Crippen molar-refractivity contribution in [3.8, 4) is 5.75 Å². The number of ether oxygens (including phenoxy) is 1. The quantitative estimate of drug-likeness (QED) is 0.582. The van der Waals surface area contributed by atoms with Gasteiger partial charge >= 0.3 is 0 Å². The van der Waals surface area contributed by atoms with Crippen molar-refractivity contribution in [2.45, 2.75) is 46.6 Å². The van der Waals surface area contributed by atoms with Gasteiger partial charge in [-0.25, -0.2) is 0 Å². The summed E-state index contributed by atoms with van der Waals surface area (Å²) in [4.78, 5) is 2.37. The molecule has 0 bridgehead atoms. The Bertz CT molecular complexity index is 367. The van der Waals surface area contributed by atoms with Crippen LogP contribution in [0.1, 0.15) is 45.6 Å². The molecule has 0 saturated heterocycles. The van der Waals surface area contributed by atoms with Gasteiger partial charge in [0.2, 0.25) is 0 Å². The fourth-order valence-corrected chi connectivity index (χ4v) is 2.26. The first kappa shape index (κ1) is 19.6. The summed E-state index contributed by atoms with van der Waals surface area (Å²) in [5.74, 6) is 0.807. The van der Waals surface area contributed by atoms with E-state index in [0.29, 0.717) is 0 Å². The number of rotatable bonds is 9. The maximum Gasteiger partial charge on any atom is 0.137 e. The predicted octanol–water partition coefficient (Wildman–Crippen LogP) is 5.17. The van der Waals surface area contributed by atoms with Crippen LogP contribution in [-0.4, -0.2) is 24.6 Å². The van der Waals surface area contributed by atoms with Gasteiger partial charge in [0.05, 0.1) is 11.6 Å². The molecule has 1 rings (SSSR count). The Hall–Kier alpha value is -0.440. The van der Waals surface area contributed by atoms with Gasteiger partial charge in [-0.3, -0.25) is 4.90 Å². The first-order valence-electron chi connectivity index (χ1n) is 7.34. The number of hydrogen-bond acceptors (Lipinski definition) is 2. The summed E-state index contributed by atoms with van der Waals surface area (Å²) < 4.78 is 5.71. The molecule has 0 aliphatic heterocycles. The zero-order valence-electron chi connectivity index (χ0n) is 12.8. The predicted molar refractivity (Wildman–Crippen MR) is 90.3 cm³/mol. The Balaban J connectivity index is 0.00000361. The largest absolute Gasteiger partial charge is 0.492 e. The molecule has 0 aliphatic carbocycles. The molecule has 0 aliphatic rings. The average molecular weight is 320 g/mol. The van der Waals surface area contributed by atoms with Crippen LogP contribution in [0, 0.1) is 0 Å². The van der Waals surface area contributed by atoms with Crippen LogP contribution in [0.4, 0.5) is 0 Å². The van der Waals surface area contributed by atoms with Crippen molar-refractivity contribution in [2.24, 2.45) is 0 Å². The van der Waals surface area contributed by atoms with Crippen LogP contribution < -0.4 is 4.74 Å². The third-order valence-corrected chi connectivity index (χ3v) is 3.60. The van der Waals surface area contributed by atoms with Gasteiger partial charge < -0.3 is 4.74 Å². The van der Waals surface area contributed by atoms with Crippen molar-refractivity contribution in [3.63, 3.8) is 0 Å². The van der Waals surface area contributed by atoms with Crippen LogP contribution in [-0.2, 0) is 6.54 Å². The molecule has 0 atom stereocenters. The summed E-state index contributed by atoms with van der Waals surface area (Å²) in [6, 6.07) is 6.13. The summed E-state index contributed by atoms with van der Waals surface area (Å²) >= 11 is 6.27. The van der Waals surface area contributed by atoms with E-state index in [2.05, 4.69) is 31.7 Å². The van der Waals surface area contributed by atoms with Crippen molar-refractivity contribution < 1.29 is 4.74 Å². The van der Waals surface area contributed by atoms with Crippen LogP contribution in [0.25, 0.3) is 0 Å². The molecule has 0 amide bonds. The van der Waals surface area contributed by atoms with Crippen molar-refractivity contribution in [1.29, 1.82) is 0 Å². The highest BCUT2D eigenvalue weighted by atomic mass is 35.5. The standard InChI is InChI=1S/C16H26ClNO.ClH/c1-4-7-8-11-19-16-10-9-14(12-15(16)17)13-18(5-2)6-3;/h9-10,12H,4-8,11,13H2,1-3H3;1H. The smallest absolute Gasteiger partial charge is 0.137 e. The van der Waals surface area contributed by atoms with Crippen molar-refractivity contribution in [3.05, 3.63) is 28.8 Å².